The monoisotopic (exact) mass is 460 g/mol. The van der Waals surface area contributed by atoms with Crippen LogP contribution in [-0.4, -0.2) is 28.3 Å². The first-order chi connectivity index (χ1) is 15.0. The Labute approximate surface area is 185 Å². The van der Waals surface area contributed by atoms with E-state index in [9.17, 15) is 18.4 Å². The van der Waals surface area contributed by atoms with Crippen LogP contribution in [-0.2, 0) is 10.2 Å². The van der Waals surface area contributed by atoms with Crippen molar-refractivity contribution >= 4 is 29.0 Å². The van der Waals surface area contributed by atoms with Gasteiger partial charge in [-0.1, -0.05) is 12.1 Å². The predicted octanol–water partition coefficient (Wildman–Crippen LogP) is 5.05. The molecule has 10 heteroatoms. The molecule has 2 N–H and O–H groups in total. The van der Waals surface area contributed by atoms with Gasteiger partial charge in [-0.3, -0.25) is 4.79 Å². The van der Waals surface area contributed by atoms with E-state index < -0.39 is 23.6 Å². The molecule has 3 heterocycles. The number of fused-ring (bicyclic) bond motifs is 1. The number of anilines is 1. The maximum atomic E-state index is 13.3. The molecule has 4 rings (SSSR count). The van der Waals surface area contributed by atoms with E-state index in [1.165, 1.54) is 24.3 Å². The second-order valence-corrected chi connectivity index (χ2v) is 8.69. The van der Waals surface area contributed by atoms with Gasteiger partial charge in [-0.15, -0.1) is 20.1 Å². The molecule has 0 aliphatic carbocycles. The zero-order valence-corrected chi connectivity index (χ0v) is 18.0. The highest BCUT2D eigenvalue weighted by Gasteiger charge is 2.44. The largest absolute Gasteiger partial charge is 0.586 e. The van der Waals surface area contributed by atoms with E-state index in [1.54, 1.807) is 31.4 Å². The number of nitrogens with zero attached hydrogens (tertiary/aromatic N) is 1. The Kier molecular flexibility index (Phi) is 5.12. The molecule has 0 bridgehead atoms. The maximum absolute atomic E-state index is 13.3. The first-order valence-corrected chi connectivity index (χ1v) is 10.4. The Morgan fingerprint density at radius 2 is 1.84 bits per heavy atom. The minimum atomic E-state index is -3.74. The van der Waals surface area contributed by atoms with Crippen molar-refractivity contribution < 1.29 is 33.0 Å². The highest BCUT2D eigenvalue weighted by Crippen LogP contribution is 2.43. The van der Waals surface area contributed by atoms with Crippen LogP contribution in [0.5, 0.6) is 11.5 Å². The number of thiophene rings is 1. The molecule has 3 aromatic rings. The number of hydrogen-bond acceptors (Lipinski definition) is 6. The number of hydrogen-bond donors (Lipinski definition) is 2. The van der Waals surface area contributed by atoms with Gasteiger partial charge in [-0.05, 0) is 56.2 Å². The molecule has 0 saturated heterocycles. The van der Waals surface area contributed by atoms with Crippen LogP contribution in [0.1, 0.15) is 34.6 Å². The Morgan fingerprint density at radius 1 is 1.12 bits per heavy atom. The van der Waals surface area contributed by atoms with Crippen LogP contribution in [0, 0.1) is 6.92 Å². The van der Waals surface area contributed by atoms with Crippen LogP contribution < -0.4 is 14.8 Å². The van der Waals surface area contributed by atoms with Crippen LogP contribution in [0.15, 0.2) is 41.8 Å². The van der Waals surface area contributed by atoms with Crippen molar-refractivity contribution in [1.29, 1.82) is 0 Å². The summed E-state index contributed by atoms with van der Waals surface area (Å²) in [5.41, 5.74) is 1.34. The van der Waals surface area contributed by atoms with Crippen LogP contribution in [0.3, 0.4) is 0 Å². The van der Waals surface area contributed by atoms with E-state index in [4.69, 9.17) is 5.11 Å². The number of benzene rings is 1. The number of carboxylic acid groups (broad SMARTS) is 1. The summed E-state index contributed by atoms with van der Waals surface area (Å²) in [4.78, 5) is 28.9. The SMILES string of the molecule is Cc1ccc(NC(=O)C(C)(C)c2ccc3c(c2)OC(F)(F)O3)nc1-c1csc(C(=O)O)c1. The van der Waals surface area contributed by atoms with Crippen molar-refractivity contribution in [3.63, 3.8) is 0 Å². The lowest BCUT2D eigenvalue weighted by molar-refractivity contribution is -0.286. The van der Waals surface area contributed by atoms with E-state index >= 15 is 0 Å². The standard InChI is InChI=1S/C22H18F2N2O5S/c1-11-4-7-17(25-18(11)12-8-16(19(27)28)32-10-12)26-20(29)21(2,3)13-5-6-14-15(9-13)31-22(23,24)30-14/h4-10H,1-3H3,(H,27,28)(H,25,26,29). The topological polar surface area (TPSA) is 97.8 Å². The number of aromatic carboxylic acids is 1. The summed E-state index contributed by atoms with van der Waals surface area (Å²) in [6.45, 7) is 5.12. The van der Waals surface area contributed by atoms with Gasteiger partial charge in [0.05, 0.1) is 11.1 Å². The molecule has 0 unspecified atom stereocenters. The zero-order valence-electron chi connectivity index (χ0n) is 17.2. The Bertz CT molecular complexity index is 1240. The smallest absolute Gasteiger partial charge is 0.477 e. The van der Waals surface area contributed by atoms with E-state index in [1.807, 2.05) is 6.92 Å². The summed E-state index contributed by atoms with van der Waals surface area (Å²) in [5, 5.41) is 13.6. The summed E-state index contributed by atoms with van der Waals surface area (Å²) in [6.07, 6.45) is -3.74. The Morgan fingerprint density at radius 3 is 2.53 bits per heavy atom. The number of rotatable bonds is 5. The van der Waals surface area contributed by atoms with Crippen LogP contribution >= 0.6 is 11.3 Å². The van der Waals surface area contributed by atoms with Crippen LogP contribution in [0.25, 0.3) is 11.3 Å². The molecular weight excluding hydrogens is 442 g/mol. The first-order valence-electron chi connectivity index (χ1n) is 9.48. The summed E-state index contributed by atoms with van der Waals surface area (Å²) < 4.78 is 35.5. The summed E-state index contributed by atoms with van der Waals surface area (Å²) in [6, 6.07) is 9.14. The molecule has 0 saturated carbocycles. The number of nitrogens with one attached hydrogen (secondary N) is 1. The van der Waals surface area contributed by atoms with Crippen LogP contribution in [0.4, 0.5) is 14.6 Å². The number of carboxylic acids is 1. The molecule has 1 aliphatic heterocycles. The van der Waals surface area contributed by atoms with Crippen molar-refractivity contribution in [3.05, 3.63) is 57.8 Å². The molecule has 0 radical (unpaired) electrons. The summed E-state index contributed by atoms with van der Waals surface area (Å²) in [5.74, 6) is -1.40. The third-order valence-electron chi connectivity index (χ3n) is 5.11. The molecule has 1 aliphatic rings. The lowest BCUT2D eigenvalue weighted by Crippen LogP contribution is -2.35. The van der Waals surface area contributed by atoms with Crippen molar-refractivity contribution in [2.45, 2.75) is 32.5 Å². The van der Waals surface area contributed by atoms with Gasteiger partial charge in [-0.2, -0.15) is 0 Å². The number of carbonyl (C=O) groups is 2. The molecule has 1 amide bonds. The first kappa shape index (κ1) is 21.7. The fourth-order valence-corrected chi connectivity index (χ4v) is 3.93. The van der Waals surface area contributed by atoms with Crippen molar-refractivity contribution in [2.75, 3.05) is 5.32 Å². The zero-order chi connectivity index (χ0) is 23.3. The highest BCUT2D eigenvalue weighted by atomic mass is 32.1. The average molecular weight is 460 g/mol. The molecule has 0 fully saturated rings. The van der Waals surface area contributed by atoms with Crippen molar-refractivity contribution in [3.8, 4) is 22.8 Å². The quantitative estimate of drug-likeness (QED) is 0.553. The van der Waals surface area contributed by atoms with Gasteiger partial charge < -0.3 is 19.9 Å². The van der Waals surface area contributed by atoms with E-state index in [2.05, 4.69) is 19.8 Å². The van der Waals surface area contributed by atoms with Gasteiger partial charge in [-0.25, -0.2) is 9.78 Å². The van der Waals surface area contributed by atoms with Gasteiger partial charge in [0.1, 0.15) is 10.7 Å². The molecule has 1 aromatic carbocycles. The van der Waals surface area contributed by atoms with Gasteiger partial charge in [0.2, 0.25) is 5.91 Å². The number of amides is 1. The van der Waals surface area contributed by atoms with Gasteiger partial charge >= 0.3 is 12.3 Å². The number of alkyl halides is 2. The number of aromatic nitrogens is 1. The van der Waals surface area contributed by atoms with Crippen LogP contribution in [0.2, 0.25) is 0 Å². The van der Waals surface area contributed by atoms with Crippen molar-refractivity contribution in [2.24, 2.45) is 0 Å². The minimum absolute atomic E-state index is 0.101. The average Bonchev–Trinajstić information content (AvgIpc) is 3.31. The molecule has 166 valence electrons. The van der Waals surface area contributed by atoms with Gasteiger partial charge in [0, 0.05) is 10.9 Å². The van der Waals surface area contributed by atoms with Gasteiger partial charge in [0.25, 0.3) is 0 Å². The number of aryl methyl sites for hydroxylation is 1. The molecule has 2 aromatic heterocycles. The van der Waals surface area contributed by atoms with E-state index in [0.29, 0.717) is 16.8 Å². The Hall–Kier alpha value is -3.53. The minimum Gasteiger partial charge on any atom is -0.477 e. The molecule has 0 atom stereocenters. The summed E-state index contributed by atoms with van der Waals surface area (Å²) in [7, 11) is 0. The third kappa shape index (κ3) is 4.01. The number of pyridine rings is 1. The maximum Gasteiger partial charge on any atom is 0.586 e. The number of carbonyl (C=O) groups excluding carboxylic acids is 1. The lowest BCUT2D eigenvalue weighted by Gasteiger charge is -2.24. The van der Waals surface area contributed by atoms with E-state index in [0.717, 1.165) is 16.9 Å². The second-order valence-electron chi connectivity index (χ2n) is 7.77. The number of halogens is 2. The van der Waals surface area contributed by atoms with Crippen molar-refractivity contribution in [1.82, 2.24) is 4.98 Å². The molecule has 0 spiro atoms. The Balaban J connectivity index is 1.58. The molecular formula is C22H18F2N2O5S. The number of ether oxygens (including phenoxy) is 2. The summed E-state index contributed by atoms with van der Waals surface area (Å²) >= 11 is 1.09. The molecule has 7 nitrogen and oxygen atoms in total. The molecule has 32 heavy (non-hydrogen) atoms. The lowest BCUT2D eigenvalue weighted by atomic mass is 9.83. The third-order valence-corrected chi connectivity index (χ3v) is 6.03. The predicted molar refractivity (Wildman–Crippen MR) is 114 cm³/mol. The van der Waals surface area contributed by atoms with Gasteiger partial charge in [0.15, 0.2) is 11.5 Å². The normalized spacial score (nSPS) is 14.3. The fraction of sp³-hybridized carbons (Fsp3) is 0.227. The fourth-order valence-electron chi connectivity index (χ4n) is 3.20. The van der Waals surface area contributed by atoms with E-state index in [-0.39, 0.29) is 22.2 Å². The highest BCUT2D eigenvalue weighted by molar-refractivity contribution is 7.12. The second kappa shape index (κ2) is 7.56.